The van der Waals surface area contributed by atoms with Gasteiger partial charge in [-0.3, -0.25) is 0 Å². The molecule has 0 heterocycles. The third-order valence-electron chi connectivity index (χ3n) is 22.3. The largest absolute Gasteiger partial charge is 0.0799 e. The Kier molecular flexibility index (Phi) is 12.5. The smallest absolute Gasteiger partial charge is 0.0713 e. The van der Waals surface area contributed by atoms with Gasteiger partial charge in [-0.15, -0.1) is 0 Å². The van der Waals surface area contributed by atoms with Crippen molar-refractivity contribution in [2.75, 3.05) is 0 Å². The number of hydrogen-bond acceptors (Lipinski definition) is 0. The van der Waals surface area contributed by atoms with Crippen LogP contribution in [0.2, 0.25) is 0 Å². The van der Waals surface area contributed by atoms with E-state index in [4.69, 9.17) is 0 Å². The summed E-state index contributed by atoms with van der Waals surface area (Å²) in [4.78, 5) is 0. The maximum Gasteiger partial charge on any atom is 0.0713 e. The van der Waals surface area contributed by atoms with Crippen LogP contribution in [-0.2, 0) is 21.7 Å². The Bertz CT molecular complexity index is 4030. The number of rotatable bonds is 12. The molecule has 0 aliphatic heterocycles. The molecule has 0 amide bonds. The second-order valence-electron chi connectivity index (χ2n) is 25.8. The molecule has 6 aliphatic rings. The van der Waals surface area contributed by atoms with Gasteiger partial charge in [0.2, 0.25) is 0 Å². The molecule has 0 radical (unpaired) electrons. The molecule has 410 valence electrons. The predicted octanol–water partition coefficient (Wildman–Crippen LogP) is 20.2. The lowest BCUT2D eigenvalue weighted by Gasteiger charge is -2.48. The van der Waals surface area contributed by atoms with E-state index >= 15 is 0 Å². The van der Waals surface area contributed by atoms with Gasteiger partial charge in [0.25, 0.3) is 0 Å². The highest BCUT2D eigenvalue weighted by Gasteiger charge is 2.58. The molecule has 0 bridgehead atoms. The van der Waals surface area contributed by atoms with Crippen molar-refractivity contribution in [3.63, 3.8) is 0 Å². The van der Waals surface area contributed by atoms with Gasteiger partial charge in [0.1, 0.15) is 0 Å². The fourth-order valence-corrected chi connectivity index (χ4v) is 17.7. The van der Waals surface area contributed by atoms with Crippen LogP contribution in [0.4, 0.5) is 0 Å². The molecule has 0 N–H and O–H groups in total. The SMILES string of the molecule is CCC(C)(c1ccc2c(c1)C(c1ccccc1)(c1ccccc1)c1ccccc1-2)c1ccc2c(c1)C(c1ccccc1)(c1ccccc1)[C@@H]1C=C(C(C)(C(C)C)C3C=CC4=C(C3)C(c3ccccc3)(c3ccccc3)C3C=CC=CC43)C=CC21. The Balaban J connectivity index is 0.886. The number of benzene rings is 9. The zero-order chi connectivity index (χ0) is 56.8. The van der Waals surface area contributed by atoms with Gasteiger partial charge in [-0.2, -0.15) is 0 Å². The molecule has 0 fully saturated rings. The fourth-order valence-electron chi connectivity index (χ4n) is 17.7. The van der Waals surface area contributed by atoms with E-state index in [1.54, 1.807) is 5.57 Å². The van der Waals surface area contributed by atoms with E-state index in [1.807, 2.05) is 0 Å². The van der Waals surface area contributed by atoms with Crippen LogP contribution in [0.25, 0.3) is 11.1 Å². The first kappa shape index (κ1) is 52.2. The van der Waals surface area contributed by atoms with Gasteiger partial charge >= 0.3 is 0 Å². The summed E-state index contributed by atoms with van der Waals surface area (Å²) in [5.74, 6) is 1.50. The van der Waals surface area contributed by atoms with Crippen LogP contribution in [0.5, 0.6) is 0 Å². The summed E-state index contributed by atoms with van der Waals surface area (Å²) in [6, 6.07) is 93.1. The molecule has 15 rings (SSSR count). The minimum absolute atomic E-state index is 0.120. The van der Waals surface area contributed by atoms with E-state index in [0.717, 1.165) is 12.8 Å². The average Bonchev–Trinajstić information content (AvgIpc) is 1.70. The van der Waals surface area contributed by atoms with Crippen molar-refractivity contribution in [2.24, 2.45) is 35.0 Å². The second-order valence-corrected chi connectivity index (χ2v) is 25.8. The molecule has 9 aromatic carbocycles. The van der Waals surface area contributed by atoms with Gasteiger partial charge in [0.05, 0.1) is 10.8 Å². The number of fused-ring (bicyclic) bond motifs is 8. The normalized spacial score (nSPS) is 22.9. The summed E-state index contributed by atoms with van der Waals surface area (Å²) in [6.45, 7) is 12.5. The summed E-state index contributed by atoms with van der Waals surface area (Å²) in [5.41, 5.74) is 21.7. The summed E-state index contributed by atoms with van der Waals surface area (Å²) in [5, 5.41) is 0. The average molecular weight is 1080 g/mol. The molecule has 84 heavy (non-hydrogen) atoms. The van der Waals surface area contributed by atoms with Crippen LogP contribution in [0, 0.1) is 35.0 Å². The van der Waals surface area contributed by atoms with Crippen molar-refractivity contribution >= 4 is 0 Å². The van der Waals surface area contributed by atoms with E-state index in [-0.39, 0.29) is 39.9 Å². The van der Waals surface area contributed by atoms with Crippen molar-refractivity contribution in [3.05, 3.63) is 381 Å². The molecule has 0 saturated heterocycles. The summed E-state index contributed by atoms with van der Waals surface area (Å²) in [7, 11) is 0. The standard InChI is InChI=1S/C84H74/c1-6-80(4,64-45-49-70-68-41-25-27-43-74(68)82(76(70)53-64,58-29-13-7-14-30-58)59-31-15-8-16-32-59)65-46-50-72-73-52-48-67(56-79(73)84(77(72)54-65,62-37-21-11-22-38-62)63-39-23-12-24-40-63)81(5,57(2)3)66-47-51-71-69-42-26-28-44-75(69)83(78(71)55-66,60-33-17-9-18-34-60)61-35-19-10-20-36-61/h7-54,56-57,66,69,73,75,79H,6,55H2,1-5H3/t66?,69?,73?,75?,79-,80?,81?/m1/s1. The molecule has 0 nitrogen and oxygen atoms in total. The molecular formula is C84H74. The van der Waals surface area contributed by atoms with Crippen molar-refractivity contribution in [3.8, 4) is 11.1 Å². The van der Waals surface area contributed by atoms with Crippen LogP contribution >= 0.6 is 0 Å². The molecule has 6 aliphatic carbocycles. The van der Waals surface area contributed by atoms with Gasteiger partial charge in [0.15, 0.2) is 0 Å². The Morgan fingerprint density at radius 2 is 0.929 bits per heavy atom. The topological polar surface area (TPSA) is 0 Å². The number of hydrogen-bond donors (Lipinski definition) is 0. The van der Waals surface area contributed by atoms with Crippen LogP contribution in [-0.4, -0.2) is 0 Å². The summed E-state index contributed by atoms with van der Waals surface area (Å²) >= 11 is 0. The Labute approximate surface area is 499 Å². The van der Waals surface area contributed by atoms with E-state index in [2.05, 4.69) is 332 Å². The Hall–Kier alpha value is -8.58. The molecule has 0 saturated carbocycles. The van der Waals surface area contributed by atoms with Gasteiger partial charge in [-0.25, -0.2) is 0 Å². The van der Waals surface area contributed by atoms with Crippen LogP contribution < -0.4 is 0 Å². The van der Waals surface area contributed by atoms with E-state index in [0.29, 0.717) is 11.8 Å². The first-order valence-corrected chi connectivity index (χ1v) is 31.1. The first-order chi connectivity index (χ1) is 41.2. The summed E-state index contributed by atoms with van der Waals surface area (Å²) < 4.78 is 0. The van der Waals surface area contributed by atoms with Crippen LogP contribution in [0.3, 0.4) is 0 Å². The highest BCUT2D eigenvalue weighted by molar-refractivity contribution is 5.87. The van der Waals surface area contributed by atoms with Crippen molar-refractivity contribution in [1.29, 1.82) is 0 Å². The molecular weight excluding hydrogens is 1010 g/mol. The molecule has 0 aromatic heterocycles. The van der Waals surface area contributed by atoms with Crippen molar-refractivity contribution in [1.82, 2.24) is 0 Å². The molecule has 7 atom stereocenters. The Morgan fingerprint density at radius 1 is 0.440 bits per heavy atom. The third kappa shape index (κ3) is 7.25. The minimum Gasteiger partial charge on any atom is -0.0799 e. The van der Waals surface area contributed by atoms with Crippen molar-refractivity contribution < 1.29 is 0 Å². The maximum absolute atomic E-state index is 2.80. The lowest BCUT2D eigenvalue weighted by atomic mass is 9.55. The quantitative estimate of drug-likeness (QED) is 0.114. The fraction of sp³-hybridized carbons (Fsp3) is 0.214. The highest BCUT2D eigenvalue weighted by atomic mass is 14.6. The molecule has 0 heteroatoms. The first-order valence-electron chi connectivity index (χ1n) is 31.1. The zero-order valence-corrected chi connectivity index (χ0v) is 49.2. The Morgan fingerprint density at radius 3 is 1.49 bits per heavy atom. The van der Waals surface area contributed by atoms with Gasteiger partial charge < -0.3 is 0 Å². The summed E-state index contributed by atoms with van der Waals surface area (Å²) in [6.07, 6.45) is 24.7. The molecule has 0 spiro atoms. The maximum atomic E-state index is 2.80. The van der Waals surface area contributed by atoms with E-state index in [9.17, 15) is 0 Å². The molecule has 9 aromatic rings. The van der Waals surface area contributed by atoms with Gasteiger partial charge in [-0.1, -0.05) is 338 Å². The lowest BCUT2D eigenvalue weighted by molar-refractivity contribution is 0.192. The van der Waals surface area contributed by atoms with Crippen molar-refractivity contribution in [2.45, 2.75) is 75.0 Å². The minimum atomic E-state index is -0.482. The van der Waals surface area contributed by atoms with Crippen LogP contribution in [0.15, 0.2) is 314 Å². The van der Waals surface area contributed by atoms with E-state index in [1.165, 1.54) is 89.0 Å². The lowest BCUT2D eigenvalue weighted by Crippen LogP contribution is -2.41. The zero-order valence-electron chi connectivity index (χ0n) is 49.2. The predicted molar refractivity (Wildman–Crippen MR) is 349 cm³/mol. The monoisotopic (exact) mass is 1080 g/mol. The van der Waals surface area contributed by atoms with Gasteiger partial charge in [-0.05, 0) is 114 Å². The molecule has 6 unspecified atom stereocenters. The highest BCUT2D eigenvalue weighted by Crippen LogP contribution is 2.66. The van der Waals surface area contributed by atoms with Gasteiger partial charge in [0, 0.05) is 39.9 Å². The van der Waals surface area contributed by atoms with Crippen LogP contribution in [0.1, 0.15) is 120 Å². The second kappa shape index (κ2) is 20.1. The van der Waals surface area contributed by atoms with E-state index < -0.39 is 10.8 Å². The third-order valence-corrected chi connectivity index (χ3v) is 22.3. The number of allylic oxidation sites excluding steroid dienone is 12.